The minimum atomic E-state index is -0.1000. The summed E-state index contributed by atoms with van der Waals surface area (Å²) >= 11 is 0. The lowest BCUT2D eigenvalue weighted by molar-refractivity contribution is -0.150. The smallest absolute Gasteiger partial charge is 0.229 e. The van der Waals surface area contributed by atoms with E-state index in [4.69, 9.17) is 5.73 Å². The van der Waals surface area contributed by atoms with Crippen LogP contribution in [0.2, 0.25) is 0 Å². The first-order valence-electron chi connectivity index (χ1n) is 5.74. The van der Waals surface area contributed by atoms with Crippen molar-refractivity contribution in [3.8, 4) is 0 Å². The minimum absolute atomic E-state index is 0.1000. The standard InChI is InChI=1S/C13H16N2O2/c1-9-6-12(16)15(13(17)7-9)8-10-4-2-3-5-11(10)14/h2-5,9H,6-8,14H2,1H3. The number of piperidine rings is 1. The zero-order valence-electron chi connectivity index (χ0n) is 9.85. The highest BCUT2D eigenvalue weighted by Gasteiger charge is 2.30. The molecule has 0 atom stereocenters. The van der Waals surface area contributed by atoms with Crippen LogP contribution in [0.4, 0.5) is 5.69 Å². The number of nitrogen functional groups attached to an aromatic ring is 1. The van der Waals surface area contributed by atoms with Gasteiger partial charge in [-0.25, -0.2) is 0 Å². The van der Waals surface area contributed by atoms with Gasteiger partial charge >= 0.3 is 0 Å². The van der Waals surface area contributed by atoms with Crippen molar-refractivity contribution in [1.29, 1.82) is 0 Å². The number of hydrogen-bond donors (Lipinski definition) is 1. The Morgan fingerprint density at radius 3 is 2.41 bits per heavy atom. The maximum atomic E-state index is 11.8. The molecule has 1 heterocycles. The van der Waals surface area contributed by atoms with Crippen molar-refractivity contribution in [1.82, 2.24) is 4.90 Å². The third-order valence-electron chi connectivity index (χ3n) is 3.03. The van der Waals surface area contributed by atoms with E-state index in [9.17, 15) is 9.59 Å². The zero-order valence-corrected chi connectivity index (χ0v) is 9.85. The number of hydrogen-bond acceptors (Lipinski definition) is 3. The molecule has 0 radical (unpaired) electrons. The van der Waals surface area contributed by atoms with Crippen LogP contribution in [0.3, 0.4) is 0 Å². The van der Waals surface area contributed by atoms with Gasteiger partial charge in [-0.15, -0.1) is 0 Å². The molecule has 1 fully saturated rings. The number of nitrogens with two attached hydrogens (primary N) is 1. The van der Waals surface area contributed by atoms with E-state index in [1.165, 1.54) is 4.90 Å². The maximum absolute atomic E-state index is 11.8. The summed E-state index contributed by atoms with van der Waals surface area (Å²) in [4.78, 5) is 24.9. The van der Waals surface area contributed by atoms with Crippen LogP contribution in [0, 0.1) is 5.92 Å². The molecular formula is C13H16N2O2. The van der Waals surface area contributed by atoms with E-state index in [2.05, 4.69) is 0 Å². The summed E-state index contributed by atoms with van der Waals surface area (Å²) in [5.41, 5.74) is 7.25. The highest BCUT2D eigenvalue weighted by Crippen LogP contribution is 2.22. The van der Waals surface area contributed by atoms with Crippen LogP contribution in [0.25, 0.3) is 0 Å². The number of anilines is 1. The zero-order chi connectivity index (χ0) is 12.4. The Morgan fingerprint density at radius 1 is 1.24 bits per heavy atom. The van der Waals surface area contributed by atoms with Crippen LogP contribution >= 0.6 is 0 Å². The predicted molar refractivity (Wildman–Crippen MR) is 64.8 cm³/mol. The molecule has 2 amide bonds. The first kappa shape index (κ1) is 11.6. The molecule has 90 valence electrons. The molecule has 1 saturated heterocycles. The summed E-state index contributed by atoms with van der Waals surface area (Å²) in [5.74, 6) is -0.0478. The van der Waals surface area contributed by atoms with Crippen molar-refractivity contribution >= 4 is 17.5 Å². The van der Waals surface area contributed by atoms with Gasteiger partial charge in [-0.05, 0) is 17.5 Å². The van der Waals surface area contributed by atoms with Gasteiger partial charge < -0.3 is 5.73 Å². The van der Waals surface area contributed by atoms with E-state index < -0.39 is 0 Å². The van der Waals surface area contributed by atoms with Gasteiger partial charge in [0.2, 0.25) is 11.8 Å². The van der Waals surface area contributed by atoms with Gasteiger partial charge in [-0.3, -0.25) is 14.5 Å². The molecule has 4 heteroatoms. The number of amides is 2. The fourth-order valence-corrected chi connectivity index (χ4v) is 2.05. The van der Waals surface area contributed by atoms with E-state index in [0.717, 1.165) is 5.56 Å². The van der Waals surface area contributed by atoms with Crippen molar-refractivity contribution in [3.63, 3.8) is 0 Å². The quantitative estimate of drug-likeness (QED) is 0.621. The lowest BCUT2D eigenvalue weighted by atomic mass is 9.97. The van der Waals surface area contributed by atoms with Crippen molar-refractivity contribution in [2.75, 3.05) is 5.73 Å². The molecule has 1 aromatic rings. The van der Waals surface area contributed by atoms with Crippen LogP contribution in [-0.2, 0) is 16.1 Å². The van der Waals surface area contributed by atoms with Crippen molar-refractivity contribution in [3.05, 3.63) is 29.8 Å². The molecule has 0 bridgehead atoms. The predicted octanol–water partition coefficient (Wildman–Crippen LogP) is 1.55. The van der Waals surface area contributed by atoms with Gasteiger partial charge in [0.15, 0.2) is 0 Å². The molecule has 1 aliphatic heterocycles. The molecule has 0 unspecified atom stereocenters. The van der Waals surface area contributed by atoms with Gasteiger partial charge in [0.1, 0.15) is 0 Å². The summed E-state index contributed by atoms with van der Waals surface area (Å²) in [6.07, 6.45) is 0.886. The monoisotopic (exact) mass is 232 g/mol. The number of carbonyl (C=O) groups excluding carboxylic acids is 2. The lowest BCUT2D eigenvalue weighted by Gasteiger charge is -2.28. The second-order valence-corrected chi connectivity index (χ2v) is 4.59. The highest BCUT2D eigenvalue weighted by molar-refractivity contribution is 5.97. The van der Waals surface area contributed by atoms with E-state index in [1.807, 2.05) is 25.1 Å². The number of rotatable bonds is 2. The normalized spacial score (nSPS) is 17.6. The highest BCUT2D eigenvalue weighted by atomic mass is 16.2. The third kappa shape index (κ3) is 2.46. The van der Waals surface area contributed by atoms with Crippen LogP contribution in [0.1, 0.15) is 25.3 Å². The average molecular weight is 232 g/mol. The maximum Gasteiger partial charge on any atom is 0.229 e. The lowest BCUT2D eigenvalue weighted by Crippen LogP contribution is -2.42. The van der Waals surface area contributed by atoms with Gasteiger partial charge in [0.05, 0.1) is 6.54 Å². The van der Waals surface area contributed by atoms with E-state index >= 15 is 0 Å². The summed E-state index contributed by atoms with van der Waals surface area (Å²) in [5, 5.41) is 0. The van der Waals surface area contributed by atoms with Gasteiger partial charge in [0.25, 0.3) is 0 Å². The molecule has 17 heavy (non-hydrogen) atoms. The Kier molecular flexibility index (Phi) is 3.13. The third-order valence-corrected chi connectivity index (χ3v) is 3.03. The SMILES string of the molecule is CC1CC(=O)N(Cc2ccccc2N)C(=O)C1. The summed E-state index contributed by atoms with van der Waals surface area (Å²) in [6, 6.07) is 7.30. The number of benzene rings is 1. The second-order valence-electron chi connectivity index (χ2n) is 4.59. The van der Waals surface area contributed by atoms with Crippen LogP contribution in [0.5, 0.6) is 0 Å². The Labute approximate surface area is 100 Å². The van der Waals surface area contributed by atoms with Gasteiger partial charge in [0, 0.05) is 18.5 Å². The Bertz CT molecular complexity index is 438. The van der Waals surface area contributed by atoms with Gasteiger partial charge in [-0.1, -0.05) is 25.1 Å². The number of likely N-dealkylation sites (tertiary alicyclic amines) is 1. The molecule has 0 spiro atoms. The summed E-state index contributed by atoms with van der Waals surface area (Å²) in [7, 11) is 0. The molecule has 0 aromatic heterocycles. The average Bonchev–Trinajstić information content (AvgIpc) is 2.25. The molecule has 0 aliphatic carbocycles. The van der Waals surface area contributed by atoms with E-state index in [1.54, 1.807) is 6.07 Å². The Hall–Kier alpha value is -1.84. The van der Waals surface area contributed by atoms with Crippen LogP contribution in [0.15, 0.2) is 24.3 Å². The summed E-state index contributed by atoms with van der Waals surface area (Å²) in [6.45, 7) is 2.21. The molecule has 2 rings (SSSR count). The molecule has 0 saturated carbocycles. The van der Waals surface area contributed by atoms with Crippen molar-refractivity contribution in [2.45, 2.75) is 26.3 Å². The Balaban J connectivity index is 2.16. The van der Waals surface area contributed by atoms with E-state index in [-0.39, 0.29) is 24.3 Å². The van der Waals surface area contributed by atoms with E-state index in [0.29, 0.717) is 18.5 Å². The minimum Gasteiger partial charge on any atom is -0.398 e. The molecular weight excluding hydrogens is 216 g/mol. The van der Waals surface area contributed by atoms with Crippen molar-refractivity contribution in [2.24, 2.45) is 5.92 Å². The first-order chi connectivity index (χ1) is 8.08. The first-order valence-corrected chi connectivity index (χ1v) is 5.74. The second kappa shape index (κ2) is 4.57. The van der Waals surface area contributed by atoms with Crippen molar-refractivity contribution < 1.29 is 9.59 Å². The summed E-state index contributed by atoms with van der Waals surface area (Å²) < 4.78 is 0. The largest absolute Gasteiger partial charge is 0.398 e. The van der Waals surface area contributed by atoms with Crippen LogP contribution < -0.4 is 5.73 Å². The topological polar surface area (TPSA) is 63.4 Å². The Morgan fingerprint density at radius 2 is 1.82 bits per heavy atom. The molecule has 2 N–H and O–H groups in total. The molecule has 1 aliphatic rings. The fourth-order valence-electron chi connectivity index (χ4n) is 2.05. The fraction of sp³-hybridized carbons (Fsp3) is 0.385. The number of para-hydroxylation sites is 1. The molecule has 4 nitrogen and oxygen atoms in total. The number of imide groups is 1. The number of carbonyl (C=O) groups is 2. The van der Waals surface area contributed by atoms with Gasteiger partial charge in [-0.2, -0.15) is 0 Å². The number of nitrogens with zero attached hydrogens (tertiary/aromatic N) is 1. The van der Waals surface area contributed by atoms with Crippen LogP contribution in [-0.4, -0.2) is 16.7 Å². The molecule has 1 aromatic carbocycles.